The van der Waals surface area contributed by atoms with Crippen molar-refractivity contribution in [1.29, 1.82) is 0 Å². The van der Waals surface area contributed by atoms with Crippen molar-refractivity contribution in [3.8, 4) is 22.8 Å². The molecule has 4 nitrogen and oxygen atoms in total. The van der Waals surface area contributed by atoms with E-state index < -0.39 is 0 Å². The molecule has 1 saturated heterocycles. The highest BCUT2D eigenvalue weighted by atomic mass is 16.5. The van der Waals surface area contributed by atoms with Gasteiger partial charge in [-0.1, -0.05) is 18.2 Å². The van der Waals surface area contributed by atoms with E-state index in [1.165, 1.54) is 58.2 Å². The fourth-order valence-corrected chi connectivity index (χ4v) is 5.87. The number of fused-ring (bicyclic) bond motifs is 5. The van der Waals surface area contributed by atoms with Gasteiger partial charge in [-0.25, -0.2) is 0 Å². The van der Waals surface area contributed by atoms with Gasteiger partial charge in [-0.15, -0.1) is 0 Å². The summed E-state index contributed by atoms with van der Waals surface area (Å²) in [4.78, 5) is 6.45. The van der Waals surface area contributed by atoms with Crippen molar-refractivity contribution in [2.24, 2.45) is 0 Å². The van der Waals surface area contributed by atoms with E-state index in [4.69, 9.17) is 9.47 Å². The van der Waals surface area contributed by atoms with Crippen molar-refractivity contribution in [3.05, 3.63) is 47.0 Å². The number of piperidine rings is 1. The van der Waals surface area contributed by atoms with E-state index in [1.54, 1.807) is 14.2 Å². The number of aromatic amines is 1. The SMILES string of the molecule is COc1cc2c3c(c1OC)-c1[nH]c4ccccc4c1[C@H]1CCCN(CC2)[C@@H]31. The smallest absolute Gasteiger partial charge is 0.170 e. The summed E-state index contributed by atoms with van der Waals surface area (Å²) >= 11 is 0. The van der Waals surface area contributed by atoms with Crippen LogP contribution in [-0.2, 0) is 6.42 Å². The molecule has 4 heteroatoms. The van der Waals surface area contributed by atoms with Crippen LogP contribution < -0.4 is 9.47 Å². The van der Waals surface area contributed by atoms with E-state index in [-0.39, 0.29) is 0 Å². The summed E-state index contributed by atoms with van der Waals surface area (Å²) in [6.45, 7) is 2.34. The number of hydrogen-bond donors (Lipinski definition) is 1. The van der Waals surface area contributed by atoms with Crippen LogP contribution in [0.3, 0.4) is 0 Å². The highest BCUT2D eigenvalue weighted by Crippen LogP contribution is 2.59. The zero-order chi connectivity index (χ0) is 18.1. The lowest BCUT2D eigenvalue weighted by Crippen LogP contribution is -2.44. The first-order valence-corrected chi connectivity index (χ1v) is 9.94. The lowest BCUT2D eigenvalue weighted by molar-refractivity contribution is 0.115. The van der Waals surface area contributed by atoms with E-state index >= 15 is 0 Å². The summed E-state index contributed by atoms with van der Waals surface area (Å²) in [5.74, 6) is 2.27. The quantitative estimate of drug-likeness (QED) is 0.723. The molecule has 1 aromatic heterocycles. The molecule has 1 N–H and O–H groups in total. The molecule has 2 aromatic carbocycles. The first-order valence-electron chi connectivity index (χ1n) is 9.94. The number of methoxy groups -OCH3 is 2. The molecule has 0 bridgehead atoms. The Hall–Kier alpha value is -2.46. The molecule has 138 valence electrons. The standard InChI is InChI=1S/C23H24N2O2/c1-26-17-12-13-9-11-25-10-5-7-15-19-14-6-3-4-8-16(14)24-21(19)20(23(17)27-2)18(13)22(15)25/h3-4,6,8,12,15,22,24H,5,7,9-11H2,1-2H3/t15-,22-/m1/s1. The van der Waals surface area contributed by atoms with Crippen molar-refractivity contribution >= 4 is 10.9 Å². The summed E-state index contributed by atoms with van der Waals surface area (Å²) in [5, 5.41) is 1.36. The third-order valence-electron chi connectivity index (χ3n) is 6.86. The number of para-hydroxylation sites is 1. The van der Waals surface area contributed by atoms with Gasteiger partial charge >= 0.3 is 0 Å². The molecule has 0 spiro atoms. The Kier molecular flexibility index (Phi) is 3.19. The predicted octanol–water partition coefficient (Wildman–Crippen LogP) is 4.64. The number of ether oxygens (including phenoxy) is 2. The van der Waals surface area contributed by atoms with Gasteiger partial charge in [-0.2, -0.15) is 0 Å². The van der Waals surface area contributed by atoms with Gasteiger partial charge in [0.05, 0.1) is 19.9 Å². The monoisotopic (exact) mass is 360 g/mol. The van der Waals surface area contributed by atoms with Gasteiger partial charge in [-0.05, 0) is 54.6 Å². The lowest BCUT2D eigenvalue weighted by Gasteiger charge is -2.48. The number of benzene rings is 2. The van der Waals surface area contributed by atoms with Crippen LogP contribution in [-0.4, -0.2) is 37.2 Å². The number of nitrogens with one attached hydrogen (secondary N) is 1. The maximum Gasteiger partial charge on any atom is 0.170 e. The van der Waals surface area contributed by atoms with Crippen molar-refractivity contribution in [1.82, 2.24) is 9.88 Å². The Labute approximate surface area is 159 Å². The molecular formula is C23H24N2O2. The average Bonchev–Trinajstić information content (AvgIpc) is 3.11. The summed E-state index contributed by atoms with van der Waals surface area (Å²) in [7, 11) is 3.50. The van der Waals surface area contributed by atoms with E-state index in [2.05, 4.69) is 40.2 Å². The Balaban J connectivity index is 1.77. The minimum absolute atomic E-state index is 0.462. The predicted molar refractivity (Wildman–Crippen MR) is 107 cm³/mol. The molecule has 1 fully saturated rings. The molecule has 3 aromatic rings. The van der Waals surface area contributed by atoms with Crippen LogP contribution in [0.1, 0.15) is 41.5 Å². The third-order valence-corrected chi connectivity index (χ3v) is 6.86. The van der Waals surface area contributed by atoms with Gasteiger partial charge in [0.25, 0.3) is 0 Å². The maximum absolute atomic E-state index is 5.92. The molecule has 0 radical (unpaired) electrons. The van der Waals surface area contributed by atoms with E-state index in [0.29, 0.717) is 12.0 Å². The van der Waals surface area contributed by atoms with Crippen LogP contribution in [0.2, 0.25) is 0 Å². The van der Waals surface area contributed by atoms with Crippen LogP contribution in [0.5, 0.6) is 11.5 Å². The number of hydrogen-bond acceptors (Lipinski definition) is 3. The van der Waals surface area contributed by atoms with Crippen LogP contribution in [0.25, 0.3) is 22.2 Å². The molecule has 0 amide bonds. The topological polar surface area (TPSA) is 37.5 Å². The zero-order valence-corrected chi connectivity index (χ0v) is 15.8. The van der Waals surface area contributed by atoms with Gasteiger partial charge in [0.15, 0.2) is 11.5 Å². The molecule has 3 heterocycles. The number of aromatic nitrogens is 1. The largest absolute Gasteiger partial charge is 0.493 e. The lowest BCUT2D eigenvalue weighted by atomic mass is 9.69. The fourth-order valence-electron chi connectivity index (χ4n) is 5.87. The number of rotatable bonds is 2. The molecule has 2 aliphatic heterocycles. The Morgan fingerprint density at radius 3 is 2.81 bits per heavy atom. The summed E-state index contributed by atoms with van der Waals surface area (Å²) < 4.78 is 11.7. The molecule has 1 aliphatic carbocycles. The number of nitrogens with zero attached hydrogens (tertiary/aromatic N) is 1. The molecule has 0 unspecified atom stereocenters. The van der Waals surface area contributed by atoms with E-state index in [1.807, 2.05) is 0 Å². The van der Waals surface area contributed by atoms with Crippen molar-refractivity contribution in [2.45, 2.75) is 31.2 Å². The molecule has 27 heavy (non-hydrogen) atoms. The van der Waals surface area contributed by atoms with Crippen molar-refractivity contribution < 1.29 is 9.47 Å². The first-order chi connectivity index (χ1) is 13.3. The third kappa shape index (κ3) is 1.91. The molecular weight excluding hydrogens is 336 g/mol. The minimum atomic E-state index is 0.462. The van der Waals surface area contributed by atoms with Crippen LogP contribution in [0.4, 0.5) is 0 Å². The fraction of sp³-hybridized carbons (Fsp3) is 0.391. The maximum atomic E-state index is 5.92. The average molecular weight is 360 g/mol. The van der Waals surface area contributed by atoms with Gasteiger partial charge < -0.3 is 14.5 Å². The Morgan fingerprint density at radius 2 is 1.96 bits per heavy atom. The molecule has 2 atom stereocenters. The second-order valence-corrected chi connectivity index (χ2v) is 8.00. The van der Waals surface area contributed by atoms with E-state index in [0.717, 1.165) is 24.5 Å². The van der Waals surface area contributed by atoms with Crippen LogP contribution >= 0.6 is 0 Å². The van der Waals surface area contributed by atoms with Gasteiger partial charge in [0.1, 0.15) is 0 Å². The van der Waals surface area contributed by atoms with Gasteiger partial charge in [0.2, 0.25) is 0 Å². The molecule has 6 rings (SSSR count). The van der Waals surface area contributed by atoms with Crippen LogP contribution in [0.15, 0.2) is 30.3 Å². The second kappa shape index (κ2) is 5.52. The molecule has 0 saturated carbocycles. The first kappa shape index (κ1) is 15.6. The highest BCUT2D eigenvalue weighted by Gasteiger charge is 2.45. The van der Waals surface area contributed by atoms with Crippen LogP contribution in [0, 0.1) is 0 Å². The summed E-state index contributed by atoms with van der Waals surface area (Å²) in [6, 6.07) is 11.4. The summed E-state index contributed by atoms with van der Waals surface area (Å²) in [6.07, 6.45) is 3.61. The van der Waals surface area contributed by atoms with E-state index in [9.17, 15) is 0 Å². The minimum Gasteiger partial charge on any atom is -0.493 e. The highest BCUT2D eigenvalue weighted by molar-refractivity contribution is 5.96. The number of H-pyrrole nitrogens is 1. The van der Waals surface area contributed by atoms with Gasteiger partial charge in [-0.3, -0.25) is 4.90 Å². The van der Waals surface area contributed by atoms with Gasteiger partial charge in [0, 0.05) is 35.0 Å². The van der Waals surface area contributed by atoms with Crippen molar-refractivity contribution in [3.63, 3.8) is 0 Å². The normalized spacial score (nSPS) is 23.0. The second-order valence-electron chi connectivity index (χ2n) is 8.00. The molecule has 3 aliphatic rings. The Bertz CT molecular complexity index is 1070. The summed E-state index contributed by atoms with van der Waals surface area (Å²) in [5.41, 5.74) is 8.07. The van der Waals surface area contributed by atoms with Crippen molar-refractivity contribution in [2.75, 3.05) is 27.3 Å². The zero-order valence-electron chi connectivity index (χ0n) is 15.8. The Morgan fingerprint density at radius 1 is 1.07 bits per heavy atom.